The third-order valence-electron chi connectivity index (χ3n) is 4.54. The highest BCUT2D eigenvalue weighted by atomic mass is 19.1. The lowest BCUT2D eigenvalue weighted by Crippen LogP contribution is -2.45. The van der Waals surface area contributed by atoms with E-state index in [1.165, 1.54) is 4.90 Å². The normalized spacial score (nSPS) is 15.3. The summed E-state index contributed by atoms with van der Waals surface area (Å²) in [5, 5.41) is 8.32. The summed E-state index contributed by atoms with van der Waals surface area (Å²) in [7, 11) is 1.90. The fourth-order valence-corrected chi connectivity index (χ4v) is 3.20. The van der Waals surface area contributed by atoms with E-state index < -0.39 is 41.0 Å². The summed E-state index contributed by atoms with van der Waals surface area (Å²) >= 11 is 0. The Bertz CT molecular complexity index is 939. The molecule has 146 valence electrons. The number of halogens is 3. The second kappa shape index (κ2) is 7.47. The van der Waals surface area contributed by atoms with Crippen LogP contribution in [0, 0.1) is 11.6 Å². The van der Waals surface area contributed by atoms with Crippen molar-refractivity contribution in [2.24, 2.45) is 0 Å². The van der Waals surface area contributed by atoms with Crippen molar-refractivity contribution >= 4 is 22.7 Å². The summed E-state index contributed by atoms with van der Waals surface area (Å²) in [6.45, 7) is 0.759. The number of pyridine rings is 1. The average molecular weight is 385 g/mol. The Kier molecular flexibility index (Phi) is 5.26. The number of rotatable bonds is 4. The van der Waals surface area contributed by atoms with Crippen molar-refractivity contribution in [2.75, 3.05) is 44.8 Å². The fourth-order valence-electron chi connectivity index (χ4n) is 3.20. The summed E-state index contributed by atoms with van der Waals surface area (Å²) in [5.41, 5.74) is -1.55. The van der Waals surface area contributed by atoms with Gasteiger partial charge in [0, 0.05) is 26.2 Å². The maximum Gasteiger partial charge on any atom is 0.511 e. The van der Waals surface area contributed by atoms with Crippen molar-refractivity contribution in [3.63, 3.8) is 0 Å². The molecule has 2 aromatic rings. The molecule has 10 heteroatoms. The molecule has 27 heavy (non-hydrogen) atoms. The average Bonchev–Trinajstić information content (AvgIpc) is 2.60. The fraction of sp³-hybridized carbons (Fsp3) is 0.412. The van der Waals surface area contributed by atoms with E-state index in [9.17, 15) is 18.4 Å². The third-order valence-corrected chi connectivity index (χ3v) is 4.54. The van der Waals surface area contributed by atoms with Gasteiger partial charge in [-0.05, 0) is 13.1 Å². The van der Waals surface area contributed by atoms with E-state index >= 15 is 4.39 Å². The molecule has 0 aliphatic carbocycles. The molecular weight excluding hydrogens is 367 g/mol. The number of carbonyl (C=O) groups is 1. The van der Waals surface area contributed by atoms with Gasteiger partial charge in [0.15, 0.2) is 11.6 Å². The van der Waals surface area contributed by atoms with E-state index in [-0.39, 0.29) is 17.7 Å². The molecule has 1 aromatic carbocycles. The number of fused-ring (bicyclic) bond motifs is 1. The molecule has 0 atom stereocenters. The number of benzene rings is 1. The van der Waals surface area contributed by atoms with Crippen LogP contribution in [0.3, 0.4) is 0 Å². The van der Waals surface area contributed by atoms with E-state index in [1.807, 2.05) is 11.9 Å². The smallest absolute Gasteiger partial charge is 0.449 e. The molecule has 1 fully saturated rings. The standard InChI is InChI=1S/C17H18F3N3O4/c1-21-4-6-22(7-5-21)15-11(19)8-10-14(13(15)20)23(3-2-18)9-12(16(10)24)27-17(25)26/h8-9H,2-7H2,1H3,(H,25,26). The zero-order valence-electron chi connectivity index (χ0n) is 14.5. The summed E-state index contributed by atoms with van der Waals surface area (Å²) in [5.74, 6) is -2.57. The van der Waals surface area contributed by atoms with Gasteiger partial charge in [0.2, 0.25) is 5.43 Å². The number of likely N-dealkylation sites (N-methyl/N-ethyl adjacent to an activating group) is 1. The topological polar surface area (TPSA) is 75.0 Å². The molecule has 1 saturated heterocycles. The summed E-state index contributed by atoms with van der Waals surface area (Å²) in [6, 6.07) is 0.845. The molecule has 2 heterocycles. The molecule has 0 saturated carbocycles. The quantitative estimate of drug-likeness (QED) is 0.813. The highest BCUT2D eigenvalue weighted by Crippen LogP contribution is 2.31. The number of anilines is 1. The van der Waals surface area contributed by atoms with Crippen molar-refractivity contribution < 1.29 is 27.8 Å². The van der Waals surface area contributed by atoms with Gasteiger partial charge in [0.05, 0.1) is 23.6 Å². The Hall–Kier alpha value is -2.75. The largest absolute Gasteiger partial charge is 0.511 e. The van der Waals surface area contributed by atoms with Gasteiger partial charge in [0.1, 0.15) is 18.2 Å². The number of alkyl halides is 1. The number of hydrogen-bond donors (Lipinski definition) is 1. The Labute approximate surface area is 152 Å². The van der Waals surface area contributed by atoms with Crippen molar-refractivity contribution in [2.45, 2.75) is 6.54 Å². The molecule has 1 N–H and O–H groups in total. The van der Waals surface area contributed by atoms with Gasteiger partial charge < -0.3 is 24.2 Å². The van der Waals surface area contributed by atoms with Gasteiger partial charge in [-0.25, -0.2) is 18.0 Å². The molecule has 0 amide bonds. The molecule has 0 bridgehead atoms. The Morgan fingerprint density at radius 1 is 1.26 bits per heavy atom. The van der Waals surface area contributed by atoms with Crippen LogP contribution in [0.5, 0.6) is 5.75 Å². The number of hydrogen-bond acceptors (Lipinski definition) is 5. The van der Waals surface area contributed by atoms with Crippen LogP contribution in [0.25, 0.3) is 10.9 Å². The number of piperazine rings is 1. The van der Waals surface area contributed by atoms with Crippen LogP contribution in [-0.4, -0.2) is 60.6 Å². The van der Waals surface area contributed by atoms with E-state index in [0.717, 1.165) is 16.8 Å². The lowest BCUT2D eigenvalue weighted by Gasteiger charge is -2.34. The number of aromatic nitrogens is 1. The number of nitrogens with zero attached hydrogens (tertiary/aromatic N) is 3. The molecule has 3 rings (SSSR count). The molecule has 0 spiro atoms. The minimum atomic E-state index is -1.76. The first kappa shape index (κ1) is 19.0. The lowest BCUT2D eigenvalue weighted by atomic mass is 10.1. The van der Waals surface area contributed by atoms with Gasteiger partial charge in [0.25, 0.3) is 0 Å². The Balaban J connectivity index is 2.23. The molecule has 7 nitrogen and oxygen atoms in total. The molecule has 0 unspecified atom stereocenters. The number of aryl methyl sites for hydroxylation is 1. The van der Waals surface area contributed by atoms with Crippen LogP contribution < -0.4 is 15.1 Å². The Morgan fingerprint density at radius 3 is 2.52 bits per heavy atom. The van der Waals surface area contributed by atoms with Gasteiger partial charge >= 0.3 is 6.16 Å². The zero-order valence-corrected chi connectivity index (χ0v) is 14.5. The maximum atomic E-state index is 15.2. The minimum Gasteiger partial charge on any atom is -0.449 e. The van der Waals surface area contributed by atoms with E-state index in [1.54, 1.807) is 0 Å². The highest BCUT2D eigenvalue weighted by Gasteiger charge is 2.26. The SMILES string of the molecule is CN1CCN(c2c(F)cc3c(=O)c(OC(=O)O)cn(CCF)c3c2F)CC1. The monoisotopic (exact) mass is 385 g/mol. The molecule has 1 aliphatic heterocycles. The van der Waals surface area contributed by atoms with Crippen LogP contribution >= 0.6 is 0 Å². The Morgan fingerprint density at radius 2 is 1.93 bits per heavy atom. The van der Waals surface area contributed by atoms with Crippen molar-refractivity contribution in [3.05, 3.63) is 34.1 Å². The van der Waals surface area contributed by atoms with Crippen LogP contribution in [0.1, 0.15) is 0 Å². The van der Waals surface area contributed by atoms with Gasteiger partial charge in [-0.2, -0.15) is 0 Å². The summed E-state index contributed by atoms with van der Waals surface area (Å²) < 4.78 is 48.3. The van der Waals surface area contributed by atoms with E-state index in [2.05, 4.69) is 4.74 Å². The predicted octanol–water partition coefficient (Wildman–Crippen LogP) is 2.06. The summed E-state index contributed by atoms with van der Waals surface area (Å²) in [6.07, 6.45) is -0.833. The van der Waals surface area contributed by atoms with Crippen LogP contribution in [0.2, 0.25) is 0 Å². The molecule has 0 radical (unpaired) electrons. The van der Waals surface area contributed by atoms with Crippen molar-refractivity contribution in [3.8, 4) is 5.75 Å². The second-order valence-electron chi connectivity index (χ2n) is 6.28. The number of ether oxygens (including phenoxy) is 1. The van der Waals surface area contributed by atoms with Crippen LogP contribution in [0.4, 0.5) is 23.7 Å². The van der Waals surface area contributed by atoms with Gasteiger partial charge in [-0.1, -0.05) is 0 Å². The van der Waals surface area contributed by atoms with Crippen molar-refractivity contribution in [1.29, 1.82) is 0 Å². The summed E-state index contributed by atoms with van der Waals surface area (Å²) in [4.78, 5) is 26.7. The first-order valence-corrected chi connectivity index (χ1v) is 8.29. The van der Waals surface area contributed by atoms with Gasteiger partial charge in [-0.15, -0.1) is 0 Å². The first-order chi connectivity index (χ1) is 12.8. The van der Waals surface area contributed by atoms with E-state index in [0.29, 0.717) is 26.2 Å². The van der Waals surface area contributed by atoms with Crippen LogP contribution in [-0.2, 0) is 6.54 Å². The van der Waals surface area contributed by atoms with Crippen molar-refractivity contribution in [1.82, 2.24) is 9.47 Å². The minimum absolute atomic E-state index is 0.283. The zero-order chi connectivity index (χ0) is 19.7. The maximum absolute atomic E-state index is 15.2. The third kappa shape index (κ3) is 3.57. The molecular formula is C17H18F3N3O4. The van der Waals surface area contributed by atoms with Crippen LogP contribution in [0.15, 0.2) is 17.1 Å². The predicted molar refractivity (Wildman–Crippen MR) is 92.5 cm³/mol. The second-order valence-corrected chi connectivity index (χ2v) is 6.28. The number of carboxylic acid groups (broad SMARTS) is 1. The molecule has 1 aromatic heterocycles. The first-order valence-electron chi connectivity index (χ1n) is 8.29. The highest BCUT2D eigenvalue weighted by molar-refractivity contribution is 5.85. The lowest BCUT2D eigenvalue weighted by molar-refractivity contribution is 0.143. The van der Waals surface area contributed by atoms with Gasteiger partial charge in [-0.3, -0.25) is 4.79 Å². The van der Waals surface area contributed by atoms with E-state index in [4.69, 9.17) is 5.11 Å². The molecule has 1 aliphatic rings.